The first-order valence-electron chi connectivity index (χ1n) is 5.82. The van der Waals surface area contributed by atoms with Gasteiger partial charge >= 0.3 is 0 Å². The van der Waals surface area contributed by atoms with Crippen LogP contribution in [-0.2, 0) is 6.54 Å². The third kappa shape index (κ3) is 2.92. The maximum Gasteiger partial charge on any atom is 0.262 e. The highest BCUT2D eigenvalue weighted by molar-refractivity contribution is 7.16. The minimum absolute atomic E-state index is 0.0580. The zero-order valence-corrected chi connectivity index (χ0v) is 11.0. The van der Waals surface area contributed by atoms with Gasteiger partial charge in [-0.15, -0.1) is 11.3 Å². The van der Waals surface area contributed by atoms with Crippen LogP contribution in [0.4, 0.5) is 0 Å². The second-order valence-corrected chi connectivity index (χ2v) is 5.38. The van der Waals surface area contributed by atoms with Crippen LogP contribution < -0.4 is 10.9 Å². The van der Waals surface area contributed by atoms with Crippen molar-refractivity contribution in [3.05, 3.63) is 28.1 Å². The lowest BCUT2D eigenvalue weighted by atomic mass is 10.2. The van der Waals surface area contributed by atoms with Crippen LogP contribution in [0, 0.1) is 5.92 Å². The fraction of sp³-hybridized carbons (Fsp3) is 0.500. The Labute approximate surface area is 104 Å². The number of hydrogen-bond acceptors (Lipinski definition) is 4. The molecular formula is C12H17N3OS. The minimum Gasteiger partial charge on any atom is -0.315 e. The Morgan fingerprint density at radius 1 is 1.53 bits per heavy atom. The molecule has 4 nitrogen and oxygen atoms in total. The monoisotopic (exact) mass is 251 g/mol. The molecule has 0 aliphatic heterocycles. The highest BCUT2D eigenvalue weighted by atomic mass is 32.1. The van der Waals surface area contributed by atoms with Gasteiger partial charge in [-0.25, -0.2) is 4.98 Å². The number of rotatable bonds is 5. The van der Waals surface area contributed by atoms with E-state index in [-0.39, 0.29) is 5.56 Å². The second-order valence-electron chi connectivity index (χ2n) is 4.48. The van der Waals surface area contributed by atoms with E-state index in [0.717, 1.165) is 23.3 Å². The third-order valence-electron chi connectivity index (χ3n) is 2.53. The molecule has 5 heteroatoms. The molecule has 0 atom stereocenters. The molecule has 0 saturated carbocycles. The lowest BCUT2D eigenvalue weighted by Crippen LogP contribution is -2.28. The van der Waals surface area contributed by atoms with E-state index in [9.17, 15) is 4.79 Å². The van der Waals surface area contributed by atoms with Gasteiger partial charge in [0.1, 0.15) is 4.83 Å². The van der Waals surface area contributed by atoms with Gasteiger partial charge < -0.3 is 5.32 Å². The van der Waals surface area contributed by atoms with Gasteiger partial charge in [-0.2, -0.15) is 0 Å². The Hall–Kier alpha value is -1.20. The van der Waals surface area contributed by atoms with Gasteiger partial charge in [0.25, 0.3) is 5.56 Å². The van der Waals surface area contributed by atoms with Crippen molar-refractivity contribution in [2.45, 2.75) is 20.4 Å². The maximum atomic E-state index is 12.0. The summed E-state index contributed by atoms with van der Waals surface area (Å²) in [6.45, 7) is 6.78. The number of thiophene rings is 1. The van der Waals surface area contributed by atoms with Crippen molar-refractivity contribution in [3.63, 3.8) is 0 Å². The van der Waals surface area contributed by atoms with Crippen molar-refractivity contribution in [2.75, 3.05) is 13.1 Å². The molecule has 0 spiro atoms. The predicted octanol–water partition coefficient (Wildman–Crippen LogP) is 1.70. The topological polar surface area (TPSA) is 46.9 Å². The summed E-state index contributed by atoms with van der Waals surface area (Å²) in [6.07, 6.45) is 1.64. The van der Waals surface area contributed by atoms with Crippen molar-refractivity contribution >= 4 is 21.6 Å². The quantitative estimate of drug-likeness (QED) is 0.823. The van der Waals surface area contributed by atoms with E-state index in [2.05, 4.69) is 24.1 Å². The van der Waals surface area contributed by atoms with Crippen molar-refractivity contribution < 1.29 is 0 Å². The first kappa shape index (κ1) is 12.3. The molecule has 0 saturated heterocycles. The summed E-state index contributed by atoms with van der Waals surface area (Å²) in [6, 6.07) is 1.84. The van der Waals surface area contributed by atoms with E-state index in [1.54, 1.807) is 10.9 Å². The smallest absolute Gasteiger partial charge is 0.262 e. The van der Waals surface area contributed by atoms with Gasteiger partial charge in [-0.3, -0.25) is 9.36 Å². The van der Waals surface area contributed by atoms with Crippen LogP contribution in [0.15, 0.2) is 22.6 Å². The molecule has 0 radical (unpaired) electrons. The fourth-order valence-electron chi connectivity index (χ4n) is 1.64. The normalized spacial score (nSPS) is 11.5. The Morgan fingerprint density at radius 2 is 2.35 bits per heavy atom. The molecule has 0 amide bonds. The molecule has 0 aliphatic carbocycles. The van der Waals surface area contributed by atoms with Crippen LogP contribution in [-0.4, -0.2) is 22.6 Å². The van der Waals surface area contributed by atoms with E-state index < -0.39 is 0 Å². The molecule has 2 heterocycles. The Bertz CT molecular complexity index is 544. The predicted molar refractivity (Wildman–Crippen MR) is 71.6 cm³/mol. The first-order chi connectivity index (χ1) is 8.18. The van der Waals surface area contributed by atoms with E-state index in [4.69, 9.17) is 0 Å². The number of nitrogens with zero attached hydrogens (tertiary/aromatic N) is 2. The molecule has 2 aromatic rings. The summed E-state index contributed by atoms with van der Waals surface area (Å²) in [5, 5.41) is 5.94. The lowest BCUT2D eigenvalue weighted by molar-refractivity contribution is 0.519. The summed E-state index contributed by atoms with van der Waals surface area (Å²) in [5.74, 6) is 0.629. The maximum absolute atomic E-state index is 12.0. The zero-order chi connectivity index (χ0) is 12.3. The molecule has 0 aliphatic rings. The average Bonchev–Trinajstić information content (AvgIpc) is 2.75. The highest BCUT2D eigenvalue weighted by Gasteiger charge is 2.04. The largest absolute Gasteiger partial charge is 0.315 e. The molecule has 0 bridgehead atoms. The molecule has 0 unspecified atom stereocenters. The Balaban J connectivity index is 2.04. The number of hydrogen-bond donors (Lipinski definition) is 1. The van der Waals surface area contributed by atoms with Gasteiger partial charge in [0, 0.05) is 13.1 Å². The van der Waals surface area contributed by atoms with Gasteiger partial charge in [0.15, 0.2) is 0 Å². The fourth-order valence-corrected chi connectivity index (χ4v) is 2.37. The van der Waals surface area contributed by atoms with E-state index >= 15 is 0 Å². The summed E-state index contributed by atoms with van der Waals surface area (Å²) in [5.41, 5.74) is 0.0580. The second kappa shape index (κ2) is 5.42. The zero-order valence-electron chi connectivity index (χ0n) is 10.1. The summed E-state index contributed by atoms with van der Waals surface area (Å²) in [7, 11) is 0. The molecule has 92 valence electrons. The molecule has 17 heavy (non-hydrogen) atoms. The van der Waals surface area contributed by atoms with E-state index in [1.807, 2.05) is 11.4 Å². The summed E-state index contributed by atoms with van der Waals surface area (Å²) < 4.78 is 1.67. The average molecular weight is 251 g/mol. The lowest BCUT2D eigenvalue weighted by Gasteiger charge is -2.08. The summed E-state index contributed by atoms with van der Waals surface area (Å²) in [4.78, 5) is 17.1. The SMILES string of the molecule is CC(C)CNCCn1cnc2sccc2c1=O. The third-order valence-corrected chi connectivity index (χ3v) is 3.35. The molecule has 2 aromatic heterocycles. The first-order valence-corrected chi connectivity index (χ1v) is 6.70. The van der Waals surface area contributed by atoms with E-state index in [0.29, 0.717) is 12.5 Å². The molecule has 2 rings (SSSR count). The number of fused-ring (bicyclic) bond motifs is 1. The molecule has 0 fully saturated rings. The van der Waals surface area contributed by atoms with Crippen LogP contribution in [0.3, 0.4) is 0 Å². The van der Waals surface area contributed by atoms with Gasteiger partial charge in [-0.1, -0.05) is 13.8 Å². The van der Waals surface area contributed by atoms with Gasteiger partial charge in [-0.05, 0) is 23.9 Å². The van der Waals surface area contributed by atoms with Crippen LogP contribution >= 0.6 is 11.3 Å². The van der Waals surface area contributed by atoms with Crippen molar-refractivity contribution in [1.29, 1.82) is 0 Å². The highest BCUT2D eigenvalue weighted by Crippen LogP contribution is 2.12. The van der Waals surface area contributed by atoms with Crippen LogP contribution in [0.25, 0.3) is 10.2 Å². The van der Waals surface area contributed by atoms with Gasteiger partial charge in [0.05, 0.1) is 11.7 Å². The standard InChI is InChI=1S/C12H17N3OS/c1-9(2)7-13-4-5-15-8-14-11-10(12(15)16)3-6-17-11/h3,6,8-9,13H,4-5,7H2,1-2H3. The number of aromatic nitrogens is 2. The molecule has 0 aromatic carbocycles. The Morgan fingerprint density at radius 3 is 3.12 bits per heavy atom. The summed E-state index contributed by atoms with van der Waals surface area (Å²) >= 11 is 1.50. The van der Waals surface area contributed by atoms with Crippen LogP contribution in [0.1, 0.15) is 13.8 Å². The number of nitrogens with one attached hydrogen (secondary N) is 1. The van der Waals surface area contributed by atoms with Crippen molar-refractivity contribution in [1.82, 2.24) is 14.9 Å². The van der Waals surface area contributed by atoms with Gasteiger partial charge in [0.2, 0.25) is 0 Å². The van der Waals surface area contributed by atoms with Crippen molar-refractivity contribution in [3.8, 4) is 0 Å². The van der Waals surface area contributed by atoms with Crippen molar-refractivity contribution in [2.24, 2.45) is 5.92 Å². The minimum atomic E-state index is 0.0580. The van der Waals surface area contributed by atoms with Crippen LogP contribution in [0.2, 0.25) is 0 Å². The van der Waals surface area contributed by atoms with E-state index in [1.165, 1.54) is 11.3 Å². The molecular weight excluding hydrogens is 234 g/mol. The molecule has 1 N–H and O–H groups in total. The van der Waals surface area contributed by atoms with Crippen LogP contribution in [0.5, 0.6) is 0 Å². The Kier molecular flexibility index (Phi) is 3.91.